The molecule has 5 nitrogen and oxygen atoms in total. The van der Waals surface area contributed by atoms with Crippen molar-refractivity contribution >= 4 is 5.91 Å². The standard InChI is InChI=1S/C16H18F3N3O2/c1-11-14(8-22(2)21-11)7-20-15(23)13-5-3-4-12(6-13)9-24-10-16(17,18)19/h3-6,8H,7,9-10H2,1-2H3,(H,20,23). The maximum absolute atomic E-state index is 12.2. The maximum atomic E-state index is 12.2. The smallest absolute Gasteiger partial charge is 0.367 e. The van der Waals surface area contributed by atoms with Gasteiger partial charge in [0.15, 0.2) is 0 Å². The van der Waals surface area contributed by atoms with Crippen molar-refractivity contribution in [1.29, 1.82) is 0 Å². The second-order valence-electron chi connectivity index (χ2n) is 5.40. The molecule has 0 saturated heterocycles. The molecule has 0 unspecified atom stereocenters. The summed E-state index contributed by atoms with van der Waals surface area (Å²) in [7, 11) is 1.79. The molecule has 0 atom stereocenters. The number of carbonyl (C=O) groups excluding carboxylic acids is 1. The van der Waals surface area contributed by atoms with Gasteiger partial charge in [0.1, 0.15) is 6.61 Å². The lowest BCUT2D eigenvalue weighted by Gasteiger charge is -2.09. The Bertz CT molecular complexity index is 711. The second-order valence-corrected chi connectivity index (χ2v) is 5.40. The molecule has 2 aromatic rings. The van der Waals surface area contributed by atoms with Crippen molar-refractivity contribution in [2.45, 2.75) is 26.3 Å². The summed E-state index contributed by atoms with van der Waals surface area (Å²) in [6.45, 7) is 0.652. The van der Waals surface area contributed by atoms with Crippen LogP contribution in [-0.4, -0.2) is 28.5 Å². The minimum Gasteiger partial charge on any atom is -0.367 e. The summed E-state index contributed by atoms with van der Waals surface area (Å²) < 4.78 is 42.5. The highest BCUT2D eigenvalue weighted by Crippen LogP contribution is 2.16. The summed E-state index contributed by atoms with van der Waals surface area (Å²) in [6, 6.07) is 6.33. The van der Waals surface area contributed by atoms with Crippen molar-refractivity contribution in [3.05, 3.63) is 52.8 Å². The Labute approximate surface area is 137 Å². The lowest BCUT2D eigenvalue weighted by atomic mass is 10.1. The zero-order chi connectivity index (χ0) is 17.7. The number of aromatic nitrogens is 2. The first-order chi connectivity index (χ1) is 11.2. The first-order valence-electron chi connectivity index (χ1n) is 7.25. The van der Waals surface area contributed by atoms with E-state index in [0.717, 1.165) is 11.3 Å². The molecule has 0 fully saturated rings. The van der Waals surface area contributed by atoms with Gasteiger partial charge in [-0.05, 0) is 24.6 Å². The van der Waals surface area contributed by atoms with Gasteiger partial charge in [0.25, 0.3) is 5.91 Å². The van der Waals surface area contributed by atoms with Crippen LogP contribution in [0.4, 0.5) is 13.2 Å². The Kier molecular flexibility index (Phi) is 5.61. The van der Waals surface area contributed by atoms with Crippen LogP contribution < -0.4 is 5.32 Å². The minimum absolute atomic E-state index is 0.206. The average Bonchev–Trinajstić information content (AvgIpc) is 2.81. The zero-order valence-electron chi connectivity index (χ0n) is 13.4. The molecule has 2 rings (SSSR count). The Balaban J connectivity index is 1.92. The fourth-order valence-electron chi connectivity index (χ4n) is 2.19. The molecule has 0 aliphatic carbocycles. The van der Waals surface area contributed by atoms with E-state index in [4.69, 9.17) is 0 Å². The van der Waals surface area contributed by atoms with Crippen LogP contribution in [0.3, 0.4) is 0 Å². The van der Waals surface area contributed by atoms with Crippen LogP contribution in [0.25, 0.3) is 0 Å². The van der Waals surface area contributed by atoms with Gasteiger partial charge in [-0.15, -0.1) is 0 Å². The van der Waals surface area contributed by atoms with Crippen LogP contribution in [0.1, 0.15) is 27.2 Å². The van der Waals surface area contributed by atoms with Crippen LogP contribution >= 0.6 is 0 Å². The number of nitrogens with one attached hydrogen (secondary N) is 1. The minimum atomic E-state index is -4.36. The average molecular weight is 341 g/mol. The predicted molar refractivity (Wildman–Crippen MR) is 81.3 cm³/mol. The second kappa shape index (κ2) is 7.48. The number of ether oxygens (including phenoxy) is 1. The SMILES string of the molecule is Cc1nn(C)cc1CNC(=O)c1cccc(COCC(F)(F)F)c1. The van der Waals surface area contributed by atoms with E-state index in [9.17, 15) is 18.0 Å². The number of carbonyl (C=O) groups is 1. The highest BCUT2D eigenvalue weighted by molar-refractivity contribution is 5.94. The number of hydrogen-bond donors (Lipinski definition) is 1. The van der Waals surface area contributed by atoms with E-state index in [1.807, 2.05) is 13.1 Å². The molecule has 8 heteroatoms. The lowest BCUT2D eigenvalue weighted by molar-refractivity contribution is -0.176. The van der Waals surface area contributed by atoms with Gasteiger partial charge in [-0.25, -0.2) is 0 Å². The van der Waals surface area contributed by atoms with Crippen molar-refractivity contribution in [3.63, 3.8) is 0 Å². The number of amides is 1. The quantitative estimate of drug-likeness (QED) is 0.879. The summed E-state index contributed by atoms with van der Waals surface area (Å²) in [5.74, 6) is -0.309. The van der Waals surface area contributed by atoms with E-state index in [0.29, 0.717) is 17.7 Å². The van der Waals surface area contributed by atoms with Crippen LogP contribution in [0.2, 0.25) is 0 Å². The molecule has 1 aromatic carbocycles. The van der Waals surface area contributed by atoms with E-state index >= 15 is 0 Å². The van der Waals surface area contributed by atoms with Crippen LogP contribution in [0.15, 0.2) is 30.5 Å². The molecule has 1 heterocycles. The van der Waals surface area contributed by atoms with E-state index < -0.39 is 12.8 Å². The number of benzene rings is 1. The highest BCUT2D eigenvalue weighted by Gasteiger charge is 2.27. The molecule has 24 heavy (non-hydrogen) atoms. The molecule has 130 valence electrons. The predicted octanol–water partition coefficient (Wildman–Crippen LogP) is 2.74. The molecule has 0 aliphatic rings. The van der Waals surface area contributed by atoms with E-state index in [-0.39, 0.29) is 12.5 Å². The van der Waals surface area contributed by atoms with Gasteiger partial charge in [0.2, 0.25) is 0 Å². The van der Waals surface area contributed by atoms with Gasteiger partial charge in [0.05, 0.1) is 12.3 Å². The largest absolute Gasteiger partial charge is 0.411 e. The molecule has 0 radical (unpaired) electrons. The number of alkyl halides is 3. The third-order valence-corrected chi connectivity index (χ3v) is 3.28. The monoisotopic (exact) mass is 341 g/mol. The van der Waals surface area contributed by atoms with E-state index in [1.54, 1.807) is 29.9 Å². The van der Waals surface area contributed by atoms with Gasteiger partial charge < -0.3 is 10.1 Å². The summed E-state index contributed by atoms with van der Waals surface area (Å²) in [4.78, 5) is 12.2. The van der Waals surface area contributed by atoms with Gasteiger partial charge in [-0.3, -0.25) is 9.48 Å². The summed E-state index contributed by atoms with van der Waals surface area (Å²) in [5, 5.41) is 6.95. The topological polar surface area (TPSA) is 56.2 Å². The van der Waals surface area contributed by atoms with E-state index in [2.05, 4.69) is 15.2 Å². The van der Waals surface area contributed by atoms with Crippen molar-refractivity contribution < 1.29 is 22.7 Å². The van der Waals surface area contributed by atoms with Gasteiger partial charge in [-0.2, -0.15) is 18.3 Å². The van der Waals surface area contributed by atoms with Crippen LogP contribution in [0, 0.1) is 6.92 Å². The molecular formula is C16H18F3N3O2. The molecule has 1 N–H and O–H groups in total. The lowest BCUT2D eigenvalue weighted by Crippen LogP contribution is -2.23. The number of rotatable bonds is 6. The fourth-order valence-corrected chi connectivity index (χ4v) is 2.19. The van der Waals surface area contributed by atoms with Gasteiger partial charge >= 0.3 is 6.18 Å². The first-order valence-corrected chi connectivity index (χ1v) is 7.25. The fraction of sp³-hybridized carbons (Fsp3) is 0.375. The first kappa shape index (κ1) is 18.0. The molecular weight excluding hydrogens is 323 g/mol. The number of hydrogen-bond acceptors (Lipinski definition) is 3. The third kappa shape index (κ3) is 5.38. The van der Waals surface area contributed by atoms with Crippen LogP contribution in [0.5, 0.6) is 0 Å². The number of halogens is 3. The molecule has 0 bridgehead atoms. The zero-order valence-corrected chi connectivity index (χ0v) is 13.4. The molecule has 1 amide bonds. The van der Waals surface area contributed by atoms with Crippen molar-refractivity contribution in [2.75, 3.05) is 6.61 Å². The molecule has 0 aliphatic heterocycles. The summed E-state index contributed by atoms with van der Waals surface area (Å²) in [6.07, 6.45) is -2.55. The van der Waals surface area contributed by atoms with Gasteiger partial charge in [0, 0.05) is 30.9 Å². The summed E-state index contributed by atoms with van der Waals surface area (Å²) >= 11 is 0. The Morgan fingerprint density at radius 3 is 2.75 bits per heavy atom. The van der Waals surface area contributed by atoms with Crippen molar-refractivity contribution in [2.24, 2.45) is 7.05 Å². The molecule has 1 aromatic heterocycles. The highest BCUT2D eigenvalue weighted by atomic mass is 19.4. The maximum Gasteiger partial charge on any atom is 0.411 e. The van der Waals surface area contributed by atoms with Crippen molar-refractivity contribution in [1.82, 2.24) is 15.1 Å². The Morgan fingerprint density at radius 1 is 1.38 bits per heavy atom. The molecule has 0 spiro atoms. The number of aryl methyl sites for hydroxylation is 2. The Hall–Kier alpha value is -2.35. The van der Waals surface area contributed by atoms with E-state index in [1.165, 1.54) is 6.07 Å². The third-order valence-electron chi connectivity index (χ3n) is 3.28. The van der Waals surface area contributed by atoms with Crippen LogP contribution in [-0.2, 0) is 24.9 Å². The normalized spacial score (nSPS) is 11.5. The summed E-state index contributed by atoms with van der Waals surface area (Å²) in [5.41, 5.74) is 2.59. The number of nitrogens with zero attached hydrogens (tertiary/aromatic N) is 2. The molecule has 0 saturated carbocycles. The van der Waals surface area contributed by atoms with Crippen molar-refractivity contribution in [3.8, 4) is 0 Å². The van der Waals surface area contributed by atoms with Gasteiger partial charge in [-0.1, -0.05) is 12.1 Å². The Morgan fingerprint density at radius 2 is 2.12 bits per heavy atom.